The summed E-state index contributed by atoms with van der Waals surface area (Å²) in [7, 11) is 0. The van der Waals surface area contributed by atoms with E-state index in [2.05, 4.69) is 19.1 Å². The van der Waals surface area contributed by atoms with Crippen molar-refractivity contribution in [3.8, 4) is 5.75 Å². The van der Waals surface area contributed by atoms with Crippen molar-refractivity contribution in [2.45, 2.75) is 39.2 Å². The van der Waals surface area contributed by atoms with Gasteiger partial charge in [0.15, 0.2) is 0 Å². The number of nitrogens with two attached hydrogens (primary N) is 1. The molecule has 0 heterocycles. The molecule has 18 heavy (non-hydrogen) atoms. The molecule has 1 aromatic carbocycles. The van der Waals surface area contributed by atoms with E-state index < -0.39 is 0 Å². The van der Waals surface area contributed by atoms with E-state index in [1.165, 1.54) is 5.56 Å². The first-order valence-electron chi connectivity index (χ1n) is 6.53. The fourth-order valence-corrected chi connectivity index (χ4v) is 1.47. The number of unbranched alkanes of at least 4 members (excludes halogenated alkanes) is 1. The highest BCUT2D eigenvalue weighted by atomic mass is 16.5. The van der Waals surface area contributed by atoms with Gasteiger partial charge in [-0.1, -0.05) is 17.7 Å². The molecule has 0 saturated carbocycles. The molecule has 0 saturated heterocycles. The number of benzene rings is 1. The number of ether oxygens (including phenoxy) is 2. The van der Waals surface area contributed by atoms with Crippen LogP contribution in [0.1, 0.15) is 32.3 Å². The van der Waals surface area contributed by atoms with Crippen molar-refractivity contribution in [1.82, 2.24) is 0 Å². The summed E-state index contributed by atoms with van der Waals surface area (Å²) in [6, 6.07) is 8.12. The van der Waals surface area contributed by atoms with Gasteiger partial charge in [-0.2, -0.15) is 0 Å². The molecule has 0 aliphatic heterocycles. The van der Waals surface area contributed by atoms with Crippen LogP contribution in [0.4, 0.5) is 0 Å². The molecule has 0 unspecified atom stereocenters. The third-order valence-corrected chi connectivity index (χ3v) is 2.45. The van der Waals surface area contributed by atoms with Gasteiger partial charge in [0, 0.05) is 12.1 Å². The first kappa shape index (κ1) is 15.0. The molecule has 0 aliphatic rings. The Kier molecular flexibility index (Phi) is 6.16. The topological polar surface area (TPSA) is 44.5 Å². The summed E-state index contributed by atoms with van der Waals surface area (Å²) in [5.74, 6) is 0.935. The van der Waals surface area contributed by atoms with E-state index in [0.717, 1.165) is 31.8 Å². The lowest BCUT2D eigenvalue weighted by molar-refractivity contribution is 0.0919. The molecule has 3 nitrogen and oxygen atoms in total. The molecule has 0 bridgehead atoms. The van der Waals surface area contributed by atoms with E-state index in [-0.39, 0.29) is 5.54 Å². The Morgan fingerprint density at radius 1 is 1.06 bits per heavy atom. The highest BCUT2D eigenvalue weighted by Gasteiger charge is 2.09. The summed E-state index contributed by atoms with van der Waals surface area (Å²) in [6.07, 6.45) is 2.00. The molecular weight excluding hydrogens is 226 g/mol. The number of hydrogen-bond acceptors (Lipinski definition) is 3. The van der Waals surface area contributed by atoms with Gasteiger partial charge in [-0.3, -0.25) is 0 Å². The average Bonchev–Trinajstić information content (AvgIpc) is 2.29. The lowest BCUT2D eigenvalue weighted by Crippen LogP contribution is -2.37. The smallest absolute Gasteiger partial charge is 0.119 e. The molecule has 3 heteroatoms. The molecule has 0 fully saturated rings. The van der Waals surface area contributed by atoms with Crippen LogP contribution in [-0.2, 0) is 4.74 Å². The van der Waals surface area contributed by atoms with Gasteiger partial charge < -0.3 is 15.2 Å². The quantitative estimate of drug-likeness (QED) is 0.722. The van der Waals surface area contributed by atoms with Crippen LogP contribution in [-0.4, -0.2) is 25.4 Å². The van der Waals surface area contributed by atoms with Crippen LogP contribution in [0.15, 0.2) is 24.3 Å². The van der Waals surface area contributed by atoms with Gasteiger partial charge in [0.05, 0.1) is 13.2 Å². The van der Waals surface area contributed by atoms with Crippen molar-refractivity contribution in [3.05, 3.63) is 29.8 Å². The molecular formula is C15H25NO2. The Balaban J connectivity index is 2.00. The molecule has 0 amide bonds. The monoisotopic (exact) mass is 251 g/mol. The number of rotatable bonds is 8. The van der Waals surface area contributed by atoms with Crippen molar-refractivity contribution in [2.24, 2.45) is 5.73 Å². The molecule has 0 aromatic heterocycles. The normalized spacial score (nSPS) is 11.6. The van der Waals surface area contributed by atoms with Gasteiger partial charge in [-0.05, 0) is 45.7 Å². The van der Waals surface area contributed by atoms with E-state index in [0.29, 0.717) is 6.61 Å². The predicted octanol–water partition coefficient (Wildman–Crippen LogP) is 2.91. The van der Waals surface area contributed by atoms with Crippen LogP contribution in [0, 0.1) is 6.92 Å². The predicted molar refractivity (Wildman–Crippen MR) is 75.0 cm³/mol. The molecule has 2 N–H and O–H groups in total. The zero-order valence-electron chi connectivity index (χ0n) is 11.7. The minimum atomic E-state index is -0.238. The standard InChI is InChI=1S/C15H25NO2/c1-13-6-8-14(9-7-13)18-11-5-4-10-17-12-15(2,3)16/h6-9H,4-5,10-12,16H2,1-3H3. The van der Waals surface area contributed by atoms with Crippen molar-refractivity contribution in [3.63, 3.8) is 0 Å². The molecule has 1 rings (SSSR count). The summed E-state index contributed by atoms with van der Waals surface area (Å²) in [5, 5.41) is 0. The van der Waals surface area contributed by atoms with E-state index >= 15 is 0 Å². The number of hydrogen-bond donors (Lipinski definition) is 1. The first-order valence-corrected chi connectivity index (χ1v) is 6.53. The van der Waals surface area contributed by atoms with Gasteiger partial charge >= 0.3 is 0 Å². The maximum Gasteiger partial charge on any atom is 0.119 e. The van der Waals surface area contributed by atoms with Gasteiger partial charge in [0.25, 0.3) is 0 Å². The second-order valence-electron chi connectivity index (χ2n) is 5.41. The highest BCUT2D eigenvalue weighted by molar-refractivity contribution is 5.26. The molecule has 102 valence electrons. The van der Waals surface area contributed by atoms with Crippen LogP contribution >= 0.6 is 0 Å². The molecule has 0 spiro atoms. The van der Waals surface area contributed by atoms with Gasteiger partial charge in [-0.25, -0.2) is 0 Å². The minimum Gasteiger partial charge on any atom is -0.494 e. The third kappa shape index (κ3) is 7.30. The van der Waals surface area contributed by atoms with Crippen molar-refractivity contribution >= 4 is 0 Å². The summed E-state index contributed by atoms with van der Waals surface area (Å²) in [5.41, 5.74) is 6.83. The Morgan fingerprint density at radius 2 is 1.67 bits per heavy atom. The van der Waals surface area contributed by atoms with E-state index in [9.17, 15) is 0 Å². The summed E-state index contributed by atoms with van der Waals surface area (Å²) < 4.78 is 11.1. The van der Waals surface area contributed by atoms with Crippen LogP contribution < -0.4 is 10.5 Å². The van der Waals surface area contributed by atoms with Gasteiger partial charge in [-0.15, -0.1) is 0 Å². The Bertz CT molecular complexity index is 327. The van der Waals surface area contributed by atoms with Crippen LogP contribution in [0.2, 0.25) is 0 Å². The average molecular weight is 251 g/mol. The summed E-state index contributed by atoms with van der Waals surface area (Å²) in [4.78, 5) is 0. The van der Waals surface area contributed by atoms with Crippen molar-refractivity contribution in [2.75, 3.05) is 19.8 Å². The van der Waals surface area contributed by atoms with E-state index in [1.54, 1.807) is 0 Å². The SMILES string of the molecule is Cc1ccc(OCCCCOCC(C)(C)N)cc1. The van der Waals surface area contributed by atoms with Crippen molar-refractivity contribution in [1.29, 1.82) is 0 Å². The van der Waals surface area contributed by atoms with E-state index in [4.69, 9.17) is 15.2 Å². The zero-order valence-corrected chi connectivity index (χ0v) is 11.7. The molecule has 0 atom stereocenters. The lowest BCUT2D eigenvalue weighted by atomic mass is 10.1. The fourth-order valence-electron chi connectivity index (χ4n) is 1.47. The zero-order chi connectivity index (χ0) is 13.4. The third-order valence-electron chi connectivity index (χ3n) is 2.45. The maximum absolute atomic E-state index is 5.81. The first-order chi connectivity index (χ1) is 8.47. The van der Waals surface area contributed by atoms with Crippen LogP contribution in [0.25, 0.3) is 0 Å². The van der Waals surface area contributed by atoms with Gasteiger partial charge in [0.2, 0.25) is 0 Å². The Morgan fingerprint density at radius 3 is 2.28 bits per heavy atom. The minimum absolute atomic E-state index is 0.238. The van der Waals surface area contributed by atoms with Crippen LogP contribution in [0.5, 0.6) is 5.75 Å². The molecule has 0 radical (unpaired) electrons. The second kappa shape index (κ2) is 7.39. The Labute approximate surface area is 110 Å². The summed E-state index contributed by atoms with van der Waals surface area (Å²) in [6.45, 7) is 8.09. The second-order valence-corrected chi connectivity index (χ2v) is 5.41. The van der Waals surface area contributed by atoms with Gasteiger partial charge in [0.1, 0.15) is 5.75 Å². The maximum atomic E-state index is 5.81. The number of aryl methyl sites for hydroxylation is 1. The Hall–Kier alpha value is -1.06. The van der Waals surface area contributed by atoms with Crippen molar-refractivity contribution < 1.29 is 9.47 Å². The largest absolute Gasteiger partial charge is 0.494 e. The molecule has 1 aromatic rings. The fraction of sp³-hybridized carbons (Fsp3) is 0.600. The highest BCUT2D eigenvalue weighted by Crippen LogP contribution is 2.11. The van der Waals surface area contributed by atoms with E-state index in [1.807, 2.05) is 26.0 Å². The summed E-state index contributed by atoms with van der Waals surface area (Å²) >= 11 is 0. The molecule has 0 aliphatic carbocycles. The lowest BCUT2D eigenvalue weighted by Gasteiger charge is -2.18. The van der Waals surface area contributed by atoms with Crippen LogP contribution in [0.3, 0.4) is 0 Å².